The summed E-state index contributed by atoms with van der Waals surface area (Å²) in [6.45, 7) is 4.12. The van der Waals surface area contributed by atoms with E-state index in [-0.39, 0.29) is 80.2 Å². The molecule has 0 radical (unpaired) electrons. The van der Waals surface area contributed by atoms with E-state index in [1.165, 1.54) is 101 Å². The number of fused-ring (bicyclic) bond motifs is 5. The summed E-state index contributed by atoms with van der Waals surface area (Å²) in [6.07, 6.45) is -4.20. The monoisotopic (exact) mass is 2110 g/mol. The molecule has 0 aliphatic carbocycles. The first kappa shape index (κ1) is 102. The quantitative estimate of drug-likeness (QED) is 0.0147. The standard InChI is InChI=1S/C15H12O3S.C14H12N2S.C13H8F3N3O4S.C13H11NO5S.C12H8ClN3O3S.C12H6F3N3O3S.C10H6ClF2NO2S2/c16-15(19-11-6-2-1-3-7-11)14-10-17-12-8-4-5-9-13(12)18-14;1-10-9-17-14(15-10)16-13-7-6-11-4-2-3-5-12(11)8-13;14-13(15,16)22-9-6-4-8(5-7-9)19-24(20,21)11-3-1-2-10-12(11)18-23-17-10;1-10-2-5-12(6-3-10)20(17,18)9-8-11-4-7-13(19-11)14(15)16;13-8-4-6-9(7-5-8)16-20(17,18)11-3-1-2-10-12(11)15-19-14-10;13-6-4-5-7(11(15)10(6)14)18-22(19,20)9-3-1-2-8-12(9)17-21-16-8;11-9-3-4-10(17-9)18(15,16)14-8-2-1-6(12)5-7(8)13/h1-9,14H,10H2;2-9H,1H3,(H,15,16);1-7,19H;2-9H,1H3;1-7,16H;1-5,18H;1-5,14H/b;;;9-8+;;;. The summed E-state index contributed by atoms with van der Waals surface area (Å²) in [7, 11) is -19.6. The van der Waals surface area contributed by atoms with Crippen LogP contribution in [0.2, 0.25) is 9.36 Å². The number of anilines is 6. The number of benzene rings is 12. The summed E-state index contributed by atoms with van der Waals surface area (Å²) in [5, 5.41) is 41.9. The lowest BCUT2D eigenvalue weighted by molar-refractivity contribution is -0.402. The number of alkyl halides is 3. The molecule has 19 rings (SSSR count). The van der Waals surface area contributed by atoms with Crippen molar-refractivity contribution in [1.82, 2.24) is 35.9 Å². The largest absolute Gasteiger partial charge is 0.573 e. The number of rotatable bonds is 21. The number of nitrogens with zero attached hydrogens (tertiary/aromatic N) is 8. The summed E-state index contributed by atoms with van der Waals surface area (Å²) in [6, 6.07) is 70.7. The van der Waals surface area contributed by atoms with Gasteiger partial charge in [-0.25, -0.2) is 82.9 Å². The number of ether oxygens (including phenoxy) is 3. The summed E-state index contributed by atoms with van der Waals surface area (Å²) in [4.78, 5) is 26.8. The first-order valence-electron chi connectivity index (χ1n) is 39.4. The average molecular weight is 2110 g/mol. The van der Waals surface area contributed by atoms with E-state index in [1.807, 2.05) is 83.3 Å². The molecule has 722 valence electrons. The number of nitrogens with one attached hydrogen (secondary N) is 5. The summed E-state index contributed by atoms with van der Waals surface area (Å²) >= 11 is 15.0. The van der Waals surface area contributed by atoms with Gasteiger partial charge in [0.1, 0.15) is 70.1 Å². The zero-order valence-electron chi connectivity index (χ0n) is 70.9. The van der Waals surface area contributed by atoms with Crippen LogP contribution in [-0.4, -0.2) is 107 Å². The summed E-state index contributed by atoms with van der Waals surface area (Å²) in [5.41, 5.74) is 3.47. The van der Waals surface area contributed by atoms with Crippen molar-refractivity contribution in [2.75, 3.05) is 30.8 Å². The van der Waals surface area contributed by atoms with Crippen molar-refractivity contribution in [2.45, 2.75) is 55.0 Å². The van der Waals surface area contributed by atoms with E-state index in [2.05, 4.69) is 112 Å². The lowest BCUT2D eigenvalue weighted by atomic mass is 10.1. The van der Waals surface area contributed by atoms with Gasteiger partial charge in [-0.1, -0.05) is 120 Å². The van der Waals surface area contributed by atoms with Gasteiger partial charge in [0, 0.05) is 43.8 Å². The van der Waals surface area contributed by atoms with Gasteiger partial charge in [0.2, 0.25) is 11.2 Å². The number of thiazole rings is 1. The Morgan fingerprint density at radius 2 is 1.06 bits per heavy atom. The van der Waals surface area contributed by atoms with Gasteiger partial charge in [-0.15, -0.1) is 35.8 Å². The fraction of sp³-hybridized carbons (Fsp3) is 0.0562. The Hall–Kier alpha value is -15.0. The molecular weight excluding hydrogens is 2050 g/mol. The van der Waals surface area contributed by atoms with Crippen molar-refractivity contribution in [3.8, 4) is 17.2 Å². The van der Waals surface area contributed by atoms with Crippen molar-refractivity contribution >= 4 is 202 Å². The molecule has 12 aromatic carbocycles. The number of carbonyl (C=O) groups excluding carboxylic acids is 1. The van der Waals surface area contributed by atoms with Crippen LogP contribution in [0.5, 0.6) is 17.2 Å². The number of aryl methyl sites for hydroxylation is 2. The number of para-hydroxylation sites is 2. The Morgan fingerprint density at radius 3 is 1.61 bits per heavy atom. The highest BCUT2D eigenvalue weighted by molar-refractivity contribution is 8.13. The molecule has 0 fully saturated rings. The molecule has 1 atom stereocenters. The van der Waals surface area contributed by atoms with Gasteiger partial charge in [0.05, 0.1) is 32.4 Å². The molecule has 18 aromatic rings. The van der Waals surface area contributed by atoms with Gasteiger partial charge >= 0.3 is 12.2 Å². The molecule has 1 unspecified atom stereocenters. The van der Waals surface area contributed by atoms with Gasteiger partial charge < -0.3 is 23.9 Å². The first-order chi connectivity index (χ1) is 66.6. The van der Waals surface area contributed by atoms with Crippen LogP contribution in [0, 0.1) is 53.0 Å². The maximum Gasteiger partial charge on any atom is 0.573 e. The molecule has 0 saturated carbocycles. The van der Waals surface area contributed by atoms with Crippen LogP contribution >= 0.6 is 57.6 Å². The second-order valence-corrected chi connectivity index (χ2v) is 41.0. The minimum Gasteiger partial charge on any atom is -0.485 e. The molecule has 0 spiro atoms. The number of hydrogen-bond donors (Lipinski definition) is 5. The Morgan fingerprint density at radius 1 is 0.529 bits per heavy atom. The number of thioether (sulfide) groups is 1. The van der Waals surface area contributed by atoms with Crippen LogP contribution in [0.15, 0.2) is 337 Å². The van der Waals surface area contributed by atoms with Gasteiger partial charge in [-0.2, -0.15) is 0 Å². The third kappa shape index (κ3) is 27.7. The van der Waals surface area contributed by atoms with E-state index in [0.717, 1.165) is 92.2 Å². The molecule has 0 saturated heterocycles. The highest BCUT2D eigenvalue weighted by Gasteiger charge is 2.33. The number of furan rings is 1. The average Bonchev–Trinajstić information content (AvgIpc) is 1.46. The van der Waals surface area contributed by atoms with Crippen LogP contribution in [-0.2, 0) is 54.7 Å². The van der Waals surface area contributed by atoms with Crippen LogP contribution in [0.25, 0.3) is 49.9 Å². The molecule has 5 N–H and O–H groups in total. The number of carbonyl (C=O) groups is 1. The molecule has 1 aliphatic rings. The van der Waals surface area contributed by atoms with E-state index >= 15 is 0 Å². The topological polar surface area (TPSA) is 462 Å². The number of halogens is 10. The molecule has 7 heterocycles. The molecule has 140 heavy (non-hydrogen) atoms. The molecule has 0 amide bonds. The lowest BCUT2D eigenvalue weighted by Gasteiger charge is -2.25. The van der Waals surface area contributed by atoms with Gasteiger partial charge in [0.25, 0.3) is 40.1 Å². The fourth-order valence-electron chi connectivity index (χ4n) is 11.8. The van der Waals surface area contributed by atoms with Crippen LogP contribution in [0.1, 0.15) is 17.0 Å². The maximum atomic E-state index is 13.6. The number of nitro groups is 1. The highest BCUT2D eigenvalue weighted by Crippen LogP contribution is 2.37. The molecule has 0 bridgehead atoms. The fourth-order valence-corrected chi connectivity index (χ4v) is 20.5. The van der Waals surface area contributed by atoms with Crippen LogP contribution in [0.3, 0.4) is 0 Å². The molecular formula is C89H63Cl2F8N13O20S8. The van der Waals surface area contributed by atoms with Gasteiger partial charge in [0.15, 0.2) is 60.5 Å². The predicted molar refractivity (Wildman–Crippen MR) is 506 cm³/mol. The minimum absolute atomic E-state index is 0.00574. The van der Waals surface area contributed by atoms with Crippen LogP contribution < -0.4 is 38.4 Å². The molecule has 33 nitrogen and oxygen atoms in total. The van der Waals surface area contributed by atoms with E-state index in [4.69, 9.17) is 37.1 Å². The SMILES string of the molecule is Cc1ccc(S(=O)(=O)/C=C/c2ccc([N+](=O)[O-])o2)cc1.Cc1csc(Nc2ccc3ccccc3c2)n1.O=C(Sc1ccccc1)C1COc2ccccc2O1.O=S(=O)(Nc1ccc(Cl)cc1)c1cccc2nonc12.O=S(=O)(Nc1ccc(F)c(F)c1F)c1cccc2nonc12.O=S(=O)(Nc1ccc(F)cc1F)c1ccc(Cl)s1.O=S(=O)(Nc1ccc(OC(F)(F)F)cc1)c1cccc2nonc12. The predicted octanol–water partition coefficient (Wildman–Crippen LogP) is 22.0. The third-order valence-electron chi connectivity index (χ3n) is 18.2. The van der Waals surface area contributed by atoms with E-state index in [1.54, 1.807) is 59.9 Å². The number of hydrogen-bond acceptors (Lipinski definition) is 31. The molecule has 1 aliphatic heterocycles. The van der Waals surface area contributed by atoms with Crippen molar-refractivity contribution in [3.63, 3.8) is 0 Å². The Kier molecular flexibility index (Phi) is 33.0. The Bertz CT molecular complexity index is 8150. The van der Waals surface area contributed by atoms with Crippen molar-refractivity contribution in [3.05, 3.63) is 355 Å². The number of sulfonamides is 4. The maximum absolute atomic E-state index is 13.6. The molecule has 51 heteroatoms. The third-order valence-corrected chi connectivity index (χ3v) is 29.1. The van der Waals surface area contributed by atoms with E-state index in [9.17, 15) is 92.1 Å². The Labute approximate surface area is 809 Å². The second-order valence-electron chi connectivity index (χ2n) is 28.2. The van der Waals surface area contributed by atoms with Gasteiger partial charge in [-0.3, -0.25) is 33.8 Å². The smallest absolute Gasteiger partial charge is 0.485 e. The molecule has 6 aromatic heterocycles. The van der Waals surface area contributed by atoms with Crippen molar-refractivity contribution in [2.24, 2.45) is 0 Å². The van der Waals surface area contributed by atoms with Crippen molar-refractivity contribution < 1.29 is 119 Å². The second kappa shape index (κ2) is 45.1. The number of thiophene rings is 1. The first-order valence-corrected chi connectivity index (χ1v) is 50.1. The lowest BCUT2D eigenvalue weighted by Crippen LogP contribution is -2.34. The summed E-state index contributed by atoms with van der Waals surface area (Å²) in [5.74, 6) is -6.09. The van der Waals surface area contributed by atoms with Crippen molar-refractivity contribution in [1.29, 1.82) is 0 Å². The number of sulfone groups is 1. The Balaban J connectivity index is 0.000000138. The number of aromatic nitrogens is 7. The van der Waals surface area contributed by atoms with E-state index in [0.29, 0.717) is 44.2 Å². The van der Waals surface area contributed by atoms with E-state index < -0.39 is 114 Å². The van der Waals surface area contributed by atoms with Crippen LogP contribution in [0.4, 0.5) is 74.6 Å². The highest BCUT2D eigenvalue weighted by atomic mass is 35.5. The zero-order chi connectivity index (χ0) is 100. The minimum atomic E-state index is -4.82. The zero-order valence-corrected chi connectivity index (χ0v) is 78.9. The normalized spacial score (nSPS) is 12.4. The van der Waals surface area contributed by atoms with Gasteiger partial charge in [-0.05, 0) is 249 Å². The summed E-state index contributed by atoms with van der Waals surface area (Å²) < 4.78 is 266.